The van der Waals surface area contributed by atoms with Crippen LogP contribution in [-0.2, 0) is 10.0 Å². The fourth-order valence-electron chi connectivity index (χ4n) is 1.45. The third-order valence-electron chi connectivity index (χ3n) is 2.46. The molecule has 2 N–H and O–H groups in total. The Morgan fingerprint density at radius 3 is 2.37 bits per heavy atom. The maximum Gasteiger partial charge on any atom is 0.402 e. The van der Waals surface area contributed by atoms with E-state index in [4.69, 9.17) is 5.73 Å². The van der Waals surface area contributed by atoms with Gasteiger partial charge in [-0.15, -0.1) is 0 Å². The highest BCUT2D eigenvalue weighted by Crippen LogP contribution is 2.29. The van der Waals surface area contributed by atoms with Crippen molar-refractivity contribution >= 4 is 31.6 Å². The summed E-state index contributed by atoms with van der Waals surface area (Å²) in [5, 5.41) is 0. The van der Waals surface area contributed by atoms with Crippen molar-refractivity contribution in [3.05, 3.63) is 22.2 Å². The van der Waals surface area contributed by atoms with Crippen LogP contribution in [0.1, 0.15) is 5.56 Å². The van der Waals surface area contributed by atoms with Crippen LogP contribution in [-0.4, -0.2) is 32.5 Å². The Morgan fingerprint density at radius 1 is 1.37 bits per heavy atom. The molecule has 0 aliphatic heterocycles. The Bertz CT molecular complexity index is 587. The van der Waals surface area contributed by atoms with Gasteiger partial charge < -0.3 is 5.73 Å². The van der Waals surface area contributed by atoms with Crippen molar-refractivity contribution in [3.63, 3.8) is 0 Å². The number of nitrogens with zero attached hydrogens (tertiary/aromatic N) is 1. The molecule has 0 aliphatic rings. The van der Waals surface area contributed by atoms with Gasteiger partial charge in [-0.05, 0) is 24.6 Å². The van der Waals surface area contributed by atoms with Crippen LogP contribution in [0.5, 0.6) is 0 Å². The number of anilines is 1. The second-order valence-corrected chi connectivity index (χ2v) is 6.92. The molecular formula is C10H12BrF3N2O2S. The van der Waals surface area contributed by atoms with E-state index in [-0.39, 0.29) is 20.5 Å². The number of nitrogens with two attached hydrogens (primary N) is 1. The highest BCUT2D eigenvalue weighted by atomic mass is 79.9. The Hall–Kier alpha value is -0.800. The topological polar surface area (TPSA) is 63.4 Å². The van der Waals surface area contributed by atoms with Gasteiger partial charge >= 0.3 is 6.18 Å². The Morgan fingerprint density at radius 2 is 1.89 bits per heavy atom. The van der Waals surface area contributed by atoms with Gasteiger partial charge in [0.15, 0.2) is 0 Å². The Kier molecular flexibility index (Phi) is 4.53. The molecule has 19 heavy (non-hydrogen) atoms. The monoisotopic (exact) mass is 360 g/mol. The van der Waals surface area contributed by atoms with Crippen LogP contribution in [0.25, 0.3) is 0 Å². The van der Waals surface area contributed by atoms with Crippen molar-refractivity contribution < 1.29 is 21.6 Å². The lowest BCUT2D eigenvalue weighted by Gasteiger charge is -2.20. The molecule has 0 bridgehead atoms. The summed E-state index contributed by atoms with van der Waals surface area (Å²) in [6.07, 6.45) is -4.60. The SMILES string of the molecule is Cc1c(N)cc(Br)cc1S(=O)(=O)N(C)CC(F)(F)F. The highest BCUT2D eigenvalue weighted by molar-refractivity contribution is 9.10. The first-order chi connectivity index (χ1) is 8.45. The maximum absolute atomic E-state index is 12.3. The third kappa shape index (κ3) is 3.83. The number of benzene rings is 1. The molecule has 0 unspecified atom stereocenters. The van der Waals surface area contributed by atoms with Crippen LogP contribution in [0, 0.1) is 6.92 Å². The number of nitrogen functional groups attached to an aromatic ring is 1. The van der Waals surface area contributed by atoms with Gasteiger partial charge in [0.05, 0.1) is 4.90 Å². The molecule has 0 saturated carbocycles. The lowest BCUT2D eigenvalue weighted by Crippen LogP contribution is -2.36. The molecule has 0 spiro atoms. The zero-order valence-corrected chi connectivity index (χ0v) is 12.5. The molecule has 0 atom stereocenters. The third-order valence-corrected chi connectivity index (χ3v) is 4.84. The fourth-order valence-corrected chi connectivity index (χ4v) is 3.51. The molecule has 0 fully saturated rings. The van der Waals surface area contributed by atoms with E-state index in [0.717, 1.165) is 7.05 Å². The zero-order chi connectivity index (χ0) is 15.0. The number of hydrogen-bond donors (Lipinski definition) is 1. The maximum atomic E-state index is 12.3. The van der Waals surface area contributed by atoms with Gasteiger partial charge in [0.25, 0.3) is 0 Å². The van der Waals surface area contributed by atoms with E-state index < -0.39 is 22.7 Å². The Labute approximate surface area is 117 Å². The lowest BCUT2D eigenvalue weighted by molar-refractivity contribution is -0.134. The molecule has 1 aromatic rings. The average Bonchev–Trinajstić information content (AvgIpc) is 2.20. The molecule has 0 radical (unpaired) electrons. The number of alkyl halides is 3. The van der Waals surface area contributed by atoms with Crippen molar-refractivity contribution in [2.24, 2.45) is 0 Å². The minimum atomic E-state index is -4.60. The van der Waals surface area contributed by atoms with E-state index in [2.05, 4.69) is 15.9 Å². The van der Waals surface area contributed by atoms with E-state index in [1.54, 1.807) is 0 Å². The largest absolute Gasteiger partial charge is 0.402 e. The average molecular weight is 361 g/mol. The smallest absolute Gasteiger partial charge is 0.398 e. The summed E-state index contributed by atoms with van der Waals surface area (Å²) < 4.78 is 61.6. The van der Waals surface area contributed by atoms with E-state index in [1.807, 2.05) is 0 Å². The molecule has 1 aromatic carbocycles. The first-order valence-corrected chi connectivity index (χ1v) is 7.27. The lowest BCUT2D eigenvalue weighted by atomic mass is 10.2. The van der Waals surface area contributed by atoms with Gasteiger partial charge in [0, 0.05) is 17.2 Å². The minimum absolute atomic E-state index is 0.188. The van der Waals surface area contributed by atoms with Crippen LogP contribution in [0.3, 0.4) is 0 Å². The molecule has 0 amide bonds. The van der Waals surface area contributed by atoms with Gasteiger partial charge in [-0.25, -0.2) is 8.42 Å². The van der Waals surface area contributed by atoms with Gasteiger partial charge in [0.1, 0.15) is 6.54 Å². The summed E-state index contributed by atoms with van der Waals surface area (Å²) in [4.78, 5) is -0.244. The Balaban J connectivity index is 3.28. The molecule has 0 saturated heterocycles. The van der Waals surface area contributed by atoms with Crippen molar-refractivity contribution in [2.45, 2.75) is 18.0 Å². The van der Waals surface area contributed by atoms with Crippen LogP contribution in [0.15, 0.2) is 21.5 Å². The van der Waals surface area contributed by atoms with Crippen LogP contribution < -0.4 is 5.73 Å². The number of halogens is 4. The zero-order valence-electron chi connectivity index (χ0n) is 10.1. The molecule has 108 valence electrons. The summed E-state index contributed by atoms with van der Waals surface area (Å²) in [5.74, 6) is 0. The highest BCUT2D eigenvalue weighted by Gasteiger charge is 2.35. The normalized spacial score (nSPS) is 13.0. The summed E-state index contributed by atoms with van der Waals surface area (Å²) in [5.41, 5.74) is 6.02. The summed E-state index contributed by atoms with van der Waals surface area (Å²) in [7, 11) is -3.37. The van der Waals surface area contributed by atoms with Crippen molar-refractivity contribution in [2.75, 3.05) is 19.3 Å². The predicted molar refractivity (Wildman–Crippen MR) is 69.2 cm³/mol. The number of sulfonamides is 1. The quantitative estimate of drug-likeness (QED) is 0.842. The minimum Gasteiger partial charge on any atom is -0.398 e. The van der Waals surface area contributed by atoms with Crippen molar-refractivity contribution in [3.8, 4) is 0 Å². The molecule has 4 nitrogen and oxygen atoms in total. The molecule has 0 aliphatic carbocycles. The van der Waals surface area contributed by atoms with Crippen LogP contribution in [0.4, 0.5) is 18.9 Å². The molecule has 9 heteroatoms. The van der Waals surface area contributed by atoms with E-state index in [1.165, 1.54) is 19.1 Å². The second-order valence-electron chi connectivity index (χ2n) is 3.99. The number of rotatable bonds is 3. The summed E-state index contributed by atoms with van der Waals surface area (Å²) >= 11 is 3.06. The van der Waals surface area contributed by atoms with E-state index >= 15 is 0 Å². The van der Waals surface area contributed by atoms with Crippen molar-refractivity contribution in [1.29, 1.82) is 0 Å². The van der Waals surface area contributed by atoms with Crippen LogP contribution in [0.2, 0.25) is 0 Å². The molecular weight excluding hydrogens is 349 g/mol. The molecule has 0 aromatic heterocycles. The first-order valence-electron chi connectivity index (χ1n) is 5.04. The predicted octanol–water partition coefficient (Wildman–Crippen LogP) is 2.52. The standard InChI is InChI=1S/C10H12BrF3N2O2S/c1-6-8(15)3-7(11)4-9(6)19(17,18)16(2)5-10(12,13)14/h3-4H,5,15H2,1-2H3. The van der Waals surface area contributed by atoms with Crippen LogP contribution >= 0.6 is 15.9 Å². The van der Waals surface area contributed by atoms with Gasteiger partial charge in [-0.1, -0.05) is 15.9 Å². The molecule has 0 heterocycles. The summed E-state index contributed by atoms with van der Waals surface area (Å²) in [6, 6.07) is 2.71. The first kappa shape index (κ1) is 16.3. The van der Waals surface area contributed by atoms with E-state index in [0.29, 0.717) is 4.47 Å². The molecule has 1 rings (SSSR count). The van der Waals surface area contributed by atoms with Crippen molar-refractivity contribution in [1.82, 2.24) is 4.31 Å². The second kappa shape index (κ2) is 5.29. The number of hydrogen-bond acceptors (Lipinski definition) is 3. The van der Waals surface area contributed by atoms with Gasteiger partial charge in [0.2, 0.25) is 10.0 Å². The fraction of sp³-hybridized carbons (Fsp3) is 0.400. The van der Waals surface area contributed by atoms with Gasteiger partial charge in [-0.2, -0.15) is 17.5 Å². The van der Waals surface area contributed by atoms with E-state index in [9.17, 15) is 21.6 Å². The summed E-state index contributed by atoms with van der Waals surface area (Å²) in [6.45, 7) is -0.114. The van der Waals surface area contributed by atoms with Gasteiger partial charge in [-0.3, -0.25) is 0 Å².